The molecule has 0 saturated heterocycles. The van der Waals surface area contributed by atoms with Gasteiger partial charge in [0.15, 0.2) is 0 Å². The number of rotatable bonds is 4. The van der Waals surface area contributed by atoms with Gasteiger partial charge in [0.05, 0.1) is 11.3 Å². The molecule has 0 bridgehead atoms. The van der Waals surface area contributed by atoms with E-state index in [9.17, 15) is 0 Å². The summed E-state index contributed by atoms with van der Waals surface area (Å²) in [5.41, 5.74) is 7.39. The highest BCUT2D eigenvalue weighted by atomic mass is 15.3. The highest BCUT2D eigenvalue weighted by Crippen LogP contribution is 2.40. The van der Waals surface area contributed by atoms with Gasteiger partial charge in [-0.15, -0.1) is 0 Å². The third kappa shape index (κ3) is 1.64. The predicted molar refractivity (Wildman–Crippen MR) is 55.5 cm³/mol. The summed E-state index contributed by atoms with van der Waals surface area (Å²) in [6, 6.07) is 0. The van der Waals surface area contributed by atoms with Crippen LogP contribution in [0.15, 0.2) is 6.20 Å². The molecule has 0 amide bonds. The molecule has 1 heterocycles. The zero-order valence-corrected chi connectivity index (χ0v) is 8.45. The number of nitrogen functional groups attached to an aromatic ring is 1. The van der Waals surface area contributed by atoms with Crippen molar-refractivity contribution in [3.63, 3.8) is 0 Å². The Morgan fingerprint density at radius 1 is 1.71 bits per heavy atom. The first kappa shape index (κ1) is 9.24. The quantitative estimate of drug-likeness (QED) is 0.560. The summed E-state index contributed by atoms with van der Waals surface area (Å²) in [5, 5.41) is 11.9. The zero-order valence-electron chi connectivity index (χ0n) is 8.45. The van der Waals surface area contributed by atoms with Gasteiger partial charge in [0.25, 0.3) is 0 Å². The zero-order chi connectivity index (χ0) is 10.1. The maximum atomic E-state index is 7.47. The molecule has 0 aromatic carbocycles. The number of nitrogens with one attached hydrogen (secondary N) is 1. The van der Waals surface area contributed by atoms with Gasteiger partial charge in [-0.3, -0.25) is 10.1 Å². The minimum Gasteiger partial charge on any atom is -0.384 e. The summed E-state index contributed by atoms with van der Waals surface area (Å²) in [4.78, 5) is 0. The first-order valence-corrected chi connectivity index (χ1v) is 5.14. The Balaban J connectivity index is 2.30. The maximum Gasteiger partial charge on any atom is 0.126 e. The van der Waals surface area contributed by atoms with E-state index >= 15 is 0 Å². The summed E-state index contributed by atoms with van der Waals surface area (Å²) >= 11 is 0. The number of amidine groups is 1. The molecular weight excluding hydrogens is 176 g/mol. The van der Waals surface area contributed by atoms with E-state index in [0.29, 0.717) is 5.92 Å². The second kappa shape index (κ2) is 3.44. The van der Waals surface area contributed by atoms with Crippen LogP contribution in [0.2, 0.25) is 0 Å². The van der Waals surface area contributed by atoms with Crippen molar-refractivity contribution in [2.45, 2.75) is 38.6 Å². The van der Waals surface area contributed by atoms with Gasteiger partial charge < -0.3 is 5.73 Å². The van der Waals surface area contributed by atoms with Crippen molar-refractivity contribution in [3.05, 3.63) is 17.5 Å². The lowest BCUT2D eigenvalue weighted by molar-refractivity contribution is 0.594. The monoisotopic (exact) mass is 192 g/mol. The van der Waals surface area contributed by atoms with Gasteiger partial charge in [0.1, 0.15) is 5.84 Å². The molecule has 1 aliphatic carbocycles. The fourth-order valence-corrected chi connectivity index (χ4v) is 1.65. The van der Waals surface area contributed by atoms with Crippen LogP contribution in [0.4, 0.5) is 0 Å². The SMILES string of the molecule is CCCn1cc(C(=N)N)c(C2CC2)n1. The second-order valence-electron chi connectivity index (χ2n) is 3.88. The van der Waals surface area contributed by atoms with Crippen molar-refractivity contribution in [2.75, 3.05) is 0 Å². The molecule has 1 fully saturated rings. The topological polar surface area (TPSA) is 67.7 Å². The van der Waals surface area contributed by atoms with Crippen LogP contribution in [-0.2, 0) is 6.54 Å². The van der Waals surface area contributed by atoms with Crippen molar-refractivity contribution in [3.8, 4) is 0 Å². The van der Waals surface area contributed by atoms with Crippen molar-refractivity contribution < 1.29 is 0 Å². The Morgan fingerprint density at radius 3 is 2.93 bits per heavy atom. The summed E-state index contributed by atoms with van der Waals surface area (Å²) in [7, 11) is 0. The lowest BCUT2D eigenvalue weighted by Gasteiger charge is -1.95. The molecule has 2 rings (SSSR count). The first-order chi connectivity index (χ1) is 6.72. The Labute approximate surface area is 83.6 Å². The third-order valence-electron chi connectivity index (χ3n) is 2.50. The van der Waals surface area contributed by atoms with E-state index in [2.05, 4.69) is 12.0 Å². The molecule has 1 saturated carbocycles. The molecule has 0 unspecified atom stereocenters. The van der Waals surface area contributed by atoms with Crippen LogP contribution < -0.4 is 5.73 Å². The van der Waals surface area contributed by atoms with Crippen molar-refractivity contribution in [1.29, 1.82) is 5.41 Å². The van der Waals surface area contributed by atoms with Crippen LogP contribution >= 0.6 is 0 Å². The van der Waals surface area contributed by atoms with E-state index in [4.69, 9.17) is 11.1 Å². The minimum absolute atomic E-state index is 0.147. The molecule has 0 spiro atoms. The molecule has 1 aliphatic rings. The van der Waals surface area contributed by atoms with Crippen molar-refractivity contribution >= 4 is 5.84 Å². The summed E-state index contributed by atoms with van der Waals surface area (Å²) < 4.78 is 1.91. The molecule has 14 heavy (non-hydrogen) atoms. The van der Waals surface area contributed by atoms with E-state index in [1.165, 1.54) is 12.8 Å². The number of nitrogens with two attached hydrogens (primary N) is 1. The van der Waals surface area contributed by atoms with Crippen LogP contribution in [0.5, 0.6) is 0 Å². The Morgan fingerprint density at radius 2 is 2.43 bits per heavy atom. The molecule has 0 radical (unpaired) electrons. The van der Waals surface area contributed by atoms with Crippen LogP contribution in [-0.4, -0.2) is 15.6 Å². The van der Waals surface area contributed by atoms with Gasteiger partial charge in [-0.25, -0.2) is 0 Å². The molecule has 1 aromatic rings. The molecule has 76 valence electrons. The van der Waals surface area contributed by atoms with Gasteiger partial charge in [0, 0.05) is 18.7 Å². The fourth-order valence-electron chi connectivity index (χ4n) is 1.65. The van der Waals surface area contributed by atoms with E-state index in [1.807, 2.05) is 10.9 Å². The van der Waals surface area contributed by atoms with E-state index < -0.39 is 0 Å². The Hall–Kier alpha value is -1.32. The van der Waals surface area contributed by atoms with Crippen molar-refractivity contribution in [1.82, 2.24) is 9.78 Å². The molecule has 4 heteroatoms. The molecular formula is C10H16N4. The fraction of sp³-hybridized carbons (Fsp3) is 0.600. The highest BCUT2D eigenvalue weighted by molar-refractivity contribution is 5.96. The van der Waals surface area contributed by atoms with Crippen molar-refractivity contribution in [2.24, 2.45) is 5.73 Å². The number of nitrogens with zero attached hydrogens (tertiary/aromatic N) is 2. The molecule has 0 atom stereocenters. The summed E-state index contributed by atoms with van der Waals surface area (Å²) in [6.07, 6.45) is 5.36. The lowest BCUT2D eigenvalue weighted by atomic mass is 10.2. The lowest BCUT2D eigenvalue weighted by Crippen LogP contribution is -2.12. The predicted octanol–water partition coefficient (Wildman–Crippen LogP) is 1.45. The largest absolute Gasteiger partial charge is 0.384 e. The minimum atomic E-state index is 0.147. The van der Waals surface area contributed by atoms with E-state index in [0.717, 1.165) is 24.2 Å². The Kier molecular flexibility index (Phi) is 2.27. The number of hydrogen-bond acceptors (Lipinski definition) is 2. The van der Waals surface area contributed by atoms with E-state index in [1.54, 1.807) is 0 Å². The summed E-state index contributed by atoms with van der Waals surface area (Å²) in [5.74, 6) is 0.709. The Bertz CT molecular complexity index is 349. The summed E-state index contributed by atoms with van der Waals surface area (Å²) in [6.45, 7) is 3.03. The average Bonchev–Trinajstić information content (AvgIpc) is 2.88. The molecule has 0 aliphatic heterocycles. The van der Waals surface area contributed by atoms with Gasteiger partial charge in [0.2, 0.25) is 0 Å². The second-order valence-corrected chi connectivity index (χ2v) is 3.88. The smallest absolute Gasteiger partial charge is 0.126 e. The number of aryl methyl sites for hydroxylation is 1. The normalized spacial score (nSPS) is 15.8. The molecule has 4 nitrogen and oxygen atoms in total. The maximum absolute atomic E-state index is 7.47. The van der Waals surface area contributed by atoms with E-state index in [-0.39, 0.29) is 5.84 Å². The van der Waals surface area contributed by atoms with Gasteiger partial charge in [-0.2, -0.15) is 5.10 Å². The van der Waals surface area contributed by atoms with Gasteiger partial charge in [-0.1, -0.05) is 6.92 Å². The van der Waals surface area contributed by atoms with Crippen LogP contribution in [0.1, 0.15) is 43.4 Å². The van der Waals surface area contributed by atoms with Crippen LogP contribution in [0.3, 0.4) is 0 Å². The highest BCUT2D eigenvalue weighted by Gasteiger charge is 2.29. The standard InChI is InChI=1S/C10H16N4/c1-2-5-14-6-8(10(11)12)9(13-14)7-3-4-7/h6-7H,2-5H2,1H3,(H3,11,12). The van der Waals surface area contributed by atoms with Gasteiger partial charge in [-0.05, 0) is 19.3 Å². The van der Waals surface area contributed by atoms with Gasteiger partial charge >= 0.3 is 0 Å². The molecule has 3 N–H and O–H groups in total. The third-order valence-corrected chi connectivity index (χ3v) is 2.50. The number of aromatic nitrogens is 2. The number of hydrogen-bond donors (Lipinski definition) is 2. The average molecular weight is 192 g/mol. The van der Waals surface area contributed by atoms with Crippen LogP contribution in [0.25, 0.3) is 0 Å². The molecule has 1 aromatic heterocycles. The van der Waals surface area contributed by atoms with Crippen LogP contribution in [0, 0.1) is 5.41 Å². The first-order valence-electron chi connectivity index (χ1n) is 5.14.